The van der Waals surface area contributed by atoms with Gasteiger partial charge in [-0.3, -0.25) is 14.5 Å². The Kier molecular flexibility index (Phi) is 5.36. The highest BCUT2D eigenvalue weighted by Gasteiger charge is 2.38. The minimum atomic E-state index is -0.257. The van der Waals surface area contributed by atoms with E-state index in [1.807, 2.05) is 13.8 Å². The van der Waals surface area contributed by atoms with E-state index < -0.39 is 0 Å². The second-order valence-electron chi connectivity index (χ2n) is 5.30. The number of methoxy groups -OCH3 is 2. The first-order chi connectivity index (χ1) is 10.9. The number of nitrogens with zero attached hydrogens (tertiary/aromatic N) is 1. The minimum absolute atomic E-state index is 0.203. The molecule has 6 heteroatoms. The summed E-state index contributed by atoms with van der Waals surface area (Å²) in [4.78, 5) is 26.9. The summed E-state index contributed by atoms with van der Waals surface area (Å²) in [6, 6.07) is 5.26. The first-order valence-corrected chi connectivity index (χ1v) is 8.32. The lowest BCUT2D eigenvalue weighted by Crippen LogP contribution is -2.31. The maximum absolute atomic E-state index is 12.7. The third-order valence-electron chi connectivity index (χ3n) is 3.47. The van der Waals surface area contributed by atoms with Crippen molar-refractivity contribution in [1.29, 1.82) is 0 Å². The molecule has 0 fully saturated rings. The third kappa shape index (κ3) is 3.22. The molecule has 0 atom stereocenters. The molecule has 2 amide bonds. The number of hydrogen-bond donors (Lipinski definition) is 0. The third-order valence-corrected chi connectivity index (χ3v) is 4.55. The lowest BCUT2D eigenvalue weighted by atomic mass is 10.1. The molecule has 1 aliphatic heterocycles. The van der Waals surface area contributed by atoms with Gasteiger partial charge in [-0.15, -0.1) is 11.8 Å². The van der Waals surface area contributed by atoms with E-state index >= 15 is 0 Å². The number of amides is 2. The number of ether oxygens (including phenoxy) is 2. The molecule has 0 N–H and O–H groups in total. The van der Waals surface area contributed by atoms with Crippen molar-refractivity contribution in [2.45, 2.75) is 26.0 Å². The zero-order chi connectivity index (χ0) is 17.1. The van der Waals surface area contributed by atoms with E-state index in [-0.39, 0.29) is 17.1 Å². The van der Waals surface area contributed by atoms with Gasteiger partial charge in [-0.25, -0.2) is 0 Å². The Hall–Kier alpha value is -1.95. The Morgan fingerprint density at radius 3 is 2.26 bits per heavy atom. The van der Waals surface area contributed by atoms with E-state index in [9.17, 15) is 9.59 Å². The van der Waals surface area contributed by atoms with Crippen LogP contribution in [0.25, 0.3) is 5.57 Å². The lowest BCUT2D eigenvalue weighted by Gasteiger charge is -2.12. The van der Waals surface area contributed by atoms with E-state index in [1.165, 1.54) is 16.7 Å². The van der Waals surface area contributed by atoms with Gasteiger partial charge in [0.15, 0.2) is 11.5 Å². The van der Waals surface area contributed by atoms with Crippen molar-refractivity contribution >= 4 is 29.1 Å². The molecule has 0 saturated carbocycles. The predicted octanol–water partition coefficient (Wildman–Crippen LogP) is 2.95. The Morgan fingerprint density at radius 2 is 1.74 bits per heavy atom. The van der Waals surface area contributed by atoms with Gasteiger partial charge in [0.25, 0.3) is 11.8 Å². The first-order valence-electron chi connectivity index (χ1n) is 7.44. The van der Waals surface area contributed by atoms with Crippen LogP contribution >= 0.6 is 11.8 Å². The molecule has 0 spiro atoms. The fourth-order valence-electron chi connectivity index (χ4n) is 2.43. The van der Waals surface area contributed by atoms with Gasteiger partial charge in [-0.05, 0) is 24.6 Å². The van der Waals surface area contributed by atoms with E-state index in [2.05, 4.69) is 0 Å². The van der Waals surface area contributed by atoms with Crippen LogP contribution < -0.4 is 9.47 Å². The molecule has 0 bridgehead atoms. The maximum Gasteiger partial charge on any atom is 0.267 e. The van der Waals surface area contributed by atoms with Crippen molar-refractivity contribution < 1.29 is 19.1 Å². The van der Waals surface area contributed by atoms with E-state index in [4.69, 9.17) is 9.47 Å². The summed E-state index contributed by atoms with van der Waals surface area (Å²) in [6.45, 7) is 6.15. The van der Waals surface area contributed by atoms with Crippen LogP contribution in [-0.2, 0) is 9.59 Å². The van der Waals surface area contributed by atoms with Crippen LogP contribution in [0.15, 0.2) is 23.1 Å². The fraction of sp³-hybridized carbons (Fsp3) is 0.412. The number of hydrogen-bond acceptors (Lipinski definition) is 5. The van der Waals surface area contributed by atoms with Crippen molar-refractivity contribution in [2.75, 3.05) is 20.8 Å². The fourth-order valence-corrected chi connectivity index (χ4v) is 3.44. The lowest BCUT2D eigenvalue weighted by molar-refractivity contribution is -0.136. The summed E-state index contributed by atoms with van der Waals surface area (Å²) in [6.07, 6.45) is 0. The van der Waals surface area contributed by atoms with Crippen molar-refractivity contribution in [1.82, 2.24) is 4.90 Å². The number of benzene rings is 1. The SMILES string of the molecule is CCN1C(=O)C(SC(C)C)=C(c2ccc(OC)c(OC)c2)C1=O. The summed E-state index contributed by atoms with van der Waals surface area (Å²) in [5.41, 5.74) is 1.11. The highest BCUT2D eigenvalue weighted by Crippen LogP contribution is 2.40. The number of thioether (sulfide) groups is 1. The topological polar surface area (TPSA) is 55.8 Å². The van der Waals surface area contributed by atoms with Gasteiger partial charge in [0.1, 0.15) is 0 Å². The van der Waals surface area contributed by atoms with Crippen LogP contribution in [-0.4, -0.2) is 42.7 Å². The molecule has 1 aromatic carbocycles. The van der Waals surface area contributed by atoms with Gasteiger partial charge in [-0.2, -0.15) is 0 Å². The van der Waals surface area contributed by atoms with Gasteiger partial charge in [-0.1, -0.05) is 19.9 Å². The van der Waals surface area contributed by atoms with Crippen LogP contribution in [0.3, 0.4) is 0 Å². The molecule has 1 aromatic rings. The van der Waals surface area contributed by atoms with Crippen LogP contribution in [0.1, 0.15) is 26.3 Å². The summed E-state index contributed by atoms with van der Waals surface area (Å²) in [7, 11) is 3.10. The number of carbonyl (C=O) groups excluding carboxylic acids is 2. The van der Waals surface area contributed by atoms with E-state index in [1.54, 1.807) is 39.3 Å². The van der Waals surface area contributed by atoms with Crippen LogP contribution in [0.5, 0.6) is 11.5 Å². The zero-order valence-corrected chi connectivity index (χ0v) is 14.8. The summed E-state index contributed by atoms with van der Waals surface area (Å²) >= 11 is 1.41. The number of rotatable bonds is 6. The molecular weight excluding hydrogens is 314 g/mol. The smallest absolute Gasteiger partial charge is 0.267 e. The average molecular weight is 335 g/mol. The van der Waals surface area contributed by atoms with Crippen LogP contribution in [0, 0.1) is 0 Å². The van der Waals surface area contributed by atoms with Crippen molar-refractivity contribution in [3.63, 3.8) is 0 Å². The molecule has 0 radical (unpaired) electrons. The summed E-state index contributed by atoms with van der Waals surface area (Å²) in [5, 5.41) is 0.203. The van der Waals surface area contributed by atoms with Crippen LogP contribution in [0.4, 0.5) is 0 Å². The molecule has 5 nitrogen and oxygen atoms in total. The Balaban J connectivity index is 2.58. The summed E-state index contributed by atoms with van der Waals surface area (Å²) < 4.78 is 10.5. The Bertz CT molecular complexity index is 667. The molecule has 2 rings (SSSR count). The normalized spacial score (nSPS) is 15.0. The highest BCUT2D eigenvalue weighted by atomic mass is 32.2. The maximum atomic E-state index is 12.7. The number of carbonyl (C=O) groups is 2. The van der Waals surface area contributed by atoms with Crippen molar-refractivity contribution in [2.24, 2.45) is 0 Å². The summed E-state index contributed by atoms with van der Waals surface area (Å²) in [5.74, 6) is 0.634. The molecular formula is C17H21NO4S. The van der Waals surface area contributed by atoms with Gasteiger partial charge in [0.05, 0.1) is 24.7 Å². The molecule has 0 aliphatic carbocycles. The second-order valence-corrected chi connectivity index (χ2v) is 6.88. The molecule has 1 aliphatic rings. The number of imide groups is 1. The van der Waals surface area contributed by atoms with Gasteiger partial charge >= 0.3 is 0 Å². The Morgan fingerprint density at radius 1 is 1.09 bits per heavy atom. The molecule has 0 saturated heterocycles. The zero-order valence-electron chi connectivity index (χ0n) is 14.0. The largest absolute Gasteiger partial charge is 0.493 e. The number of likely N-dealkylation sites (N-methyl/N-ethyl adjacent to an activating group) is 1. The first kappa shape index (κ1) is 17.4. The van der Waals surface area contributed by atoms with Gasteiger partial charge in [0, 0.05) is 11.8 Å². The molecule has 23 heavy (non-hydrogen) atoms. The van der Waals surface area contributed by atoms with Crippen molar-refractivity contribution in [3.8, 4) is 11.5 Å². The molecule has 1 heterocycles. The Labute approximate surface area is 140 Å². The molecule has 0 unspecified atom stereocenters. The van der Waals surface area contributed by atoms with Crippen molar-refractivity contribution in [3.05, 3.63) is 28.7 Å². The average Bonchev–Trinajstić information content (AvgIpc) is 2.76. The van der Waals surface area contributed by atoms with Gasteiger partial charge < -0.3 is 9.47 Å². The molecule has 124 valence electrons. The quantitative estimate of drug-likeness (QED) is 0.748. The molecule has 0 aromatic heterocycles. The monoisotopic (exact) mass is 335 g/mol. The van der Waals surface area contributed by atoms with E-state index in [0.717, 1.165) is 0 Å². The minimum Gasteiger partial charge on any atom is -0.493 e. The predicted molar refractivity (Wildman–Crippen MR) is 91.6 cm³/mol. The standard InChI is InChI=1S/C17H21NO4S/c1-6-18-16(19)14(15(17(18)20)23-10(2)3)11-7-8-12(21-4)13(9-11)22-5/h7-10H,6H2,1-5H3. The van der Waals surface area contributed by atoms with Crippen LogP contribution in [0.2, 0.25) is 0 Å². The van der Waals surface area contributed by atoms with Gasteiger partial charge in [0.2, 0.25) is 0 Å². The van der Waals surface area contributed by atoms with E-state index in [0.29, 0.717) is 34.1 Å². The highest BCUT2D eigenvalue weighted by molar-refractivity contribution is 8.04. The second kappa shape index (κ2) is 7.08.